The van der Waals surface area contributed by atoms with E-state index in [0.29, 0.717) is 38.2 Å². The summed E-state index contributed by atoms with van der Waals surface area (Å²) in [6.45, 7) is 3.76. The van der Waals surface area contributed by atoms with E-state index in [0.717, 1.165) is 11.1 Å². The molecule has 1 fully saturated rings. The van der Waals surface area contributed by atoms with Gasteiger partial charge in [-0.25, -0.2) is 4.68 Å². The van der Waals surface area contributed by atoms with Crippen LogP contribution in [0, 0.1) is 12.8 Å². The van der Waals surface area contributed by atoms with E-state index in [9.17, 15) is 9.59 Å². The third-order valence-electron chi connectivity index (χ3n) is 5.56. The van der Waals surface area contributed by atoms with Crippen molar-refractivity contribution in [2.75, 3.05) is 13.1 Å². The maximum atomic E-state index is 12.8. The number of likely N-dealkylation sites (tertiary alicyclic amines) is 1. The number of nitrogens with zero attached hydrogens (tertiary/aromatic N) is 4. The second-order valence-corrected chi connectivity index (χ2v) is 7.52. The Morgan fingerprint density at radius 3 is 2.41 bits per heavy atom. The fourth-order valence-electron chi connectivity index (χ4n) is 3.78. The SMILES string of the molecule is Cc1ccccc1Cn1cc(C(=O)N2CCC(C(=O)c3ccccc3)CC2)nn1. The minimum Gasteiger partial charge on any atom is -0.337 e. The van der Waals surface area contributed by atoms with Crippen LogP contribution in [0.2, 0.25) is 0 Å². The van der Waals surface area contributed by atoms with Gasteiger partial charge < -0.3 is 4.90 Å². The van der Waals surface area contributed by atoms with Crippen LogP contribution in [0.15, 0.2) is 60.8 Å². The summed E-state index contributed by atoms with van der Waals surface area (Å²) in [5.41, 5.74) is 3.43. The highest BCUT2D eigenvalue weighted by molar-refractivity contribution is 5.98. The molecule has 6 nitrogen and oxygen atoms in total. The Labute approximate surface area is 170 Å². The number of benzene rings is 2. The molecule has 1 aliphatic rings. The van der Waals surface area contributed by atoms with Gasteiger partial charge in [0.25, 0.3) is 5.91 Å². The second-order valence-electron chi connectivity index (χ2n) is 7.52. The molecule has 0 bridgehead atoms. The number of rotatable bonds is 5. The highest BCUT2D eigenvalue weighted by atomic mass is 16.2. The lowest BCUT2D eigenvalue weighted by atomic mass is 9.89. The topological polar surface area (TPSA) is 68.1 Å². The highest BCUT2D eigenvalue weighted by Crippen LogP contribution is 2.22. The Morgan fingerprint density at radius 1 is 1.00 bits per heavy atom. The third kappa shape index (κ3) is 4.26. The first-order chi connectivity index (χ1) is 14.1. The molecule has 0 N–H and O–H groups in total. The Hall–Kier alpha value is -3.28. The molecule has 0 radical (unpaired) electrons. The van der Waals surface area contributed by atoms with Crippen LogP contribution in [0.4, 0.5) is 0 Å². The van der Waals surface area contributed by atoms with Crippen LogP contribution >= 0.6 is 0 Å². The van der Waals surface area contributed by atoms with Gasteiger partial charge in [-0.15, -0.1) is 5.10 Å². The van der Waals surface area contributed by atoms with Crippen molar-refractivity contribution in [2.45, 2.75) is 26.3 Å². The van der Waals surface area contributed by atoms with Gasteiger partial charge in [0.15, 0.2) is 11.5 Å². The molecule has 0 aliphatic carbocycles. The molecular weight excluding hydrogens is 364 g/mol. The lowest BCUT2D eigenvalue weighted by Gasteiger charge is -2.30. The summed E-state index contributed by atoms with van der Waals surface area (Å²) in [4.78, 5) is 27.2. The largest absolute Gasteiger partial charge is 0.337 e. The zero-order valence-electron chi connectivity index (χ0n) is 16.5. The van der Waals surface area contributed by atoms with Gasteiger partial charge in [-0.05, 0) is 30.9 Å². The molecule has 0 spiro atoms. The molecular formula is C23H24N4O2. The summed E-state index contributed by atoms with van der Waals surface area (Å²) in [5, 5.41) is 8.19. The molecule has 1 amide bonds. The molecule has 148 valence electrons. The standard InChI is InChI=1S/C23H24N4O2/c1-17-7-5-6-10-20(17)15-27-16-21(24-25-27)23(29)26-13-11-19(12-14-26)22(28)18-8-3-2-4-9-18/h2-10,16,19H,11-15H2,1H3. The van der Waals surface area contributed by atoms with Gasteiger partial charge in [0, 0.05) is 24.6 Å². The van der Waals surface area contributed by atoms with E-state index in [1.807, 2.05) is 48.5 Å². The van der Waals surface area contributed by atoms with E-state index < -0.39 is 0 Å². The molecule has 4 rings (SSSR count). The van der Waals surface area contributed by atoms with Crippen LogP contribution < -0.4 is 0 Å². The van der Waals surface area contributed by atoms with Gasteiger partial charge >= 0.3 is 0 Å². The number of piperidine rings is 1. The molecule has 6 heteroatoms. The van der Waals surface area contributed by atoms with Crippen molar-refractivity contribution in [2.24, 2.45) is 5.92 Å². The summed E-state index contributed by atoms with van der Waals surface area (Å²) >= 11 is 0. The summed E-state index contributed by atoms with van der Waals surface area (Å²) in [7, 11) is 0. The first-order valence-corrected chi connectivity index (χ1v) is 9.95. The fraction of sp³-hybridized carbons (Fsp3) is 0.304. The first kappa shape index (κ1) is 19.1. The van der Waals surface area contributed by atoms with E-state index in [4.69, 9.17) is 0 Å². The maximum absolute atomic E-state index is 12.8. The fourth-order valence-corrected chi connectivity index (χ4v) is 3.78. The van der Waals surface area contributed by atoms with Crippen molar-refractivity contribution < 1.29 is 9.59 Å². The monoisotopic (exact) mass is 388 g/mol. The molecule has 29 heavy (non-hydrogen) atoms. The molecule has 1 aliphatic heterocycles. The average Bonchev–Trinajstić information content (AvgIpc) is 3.24. The lowest BCUT2D eigenvalue weighted by Crippen LogP contribution is -2.40. The van der Waals surface area contributed by atoms with Gasteiger partial charge in [0.05, 0.1) is 12.7 Å². The van der Waals surface area contributed by atoms with E-state index in [-0.39, 0.29) is 17.6 Å². The van der Waals surface area contributed by atoms with Gasteiger partial charge in [0.2, 0.25) is 0 Å². The number of carbonyl (C=O) groups is 2. The van der Waals surface area contributed by atoms with Gasteiger partial charge in [-0.1, -0.05) is 59.8 Å². The van der Waals surface area contributed by atoms with Crippen LogP contribution in [-0.4, -0.2) is 44.7 Å². The molecule has 0 saturated carbocycles. The quantitative estimate of drug-likeness (QED) is 0.629. The summed E-state index contributed by atoms with van der Waals surface area (Å²) < 4.78 is 1.70. The zero-order chi connectivity index (χ0) is 20.2. The van der Waals surface area contributed by atoms with Crippen LogP contribution in [0.1, 0.15) is 44.8 Å². The molecule has 0 unspecified atom stereocenters. The predicted octanol–water partition coefficient (Wildman–Crippen LogP) is 3.37. The molecule has 1 aromatic heterocycles. The number of hydrogen-bond donors (Lipinski definition) is 0. The smallest absolute Gasteiger partial charge is 0.276 e. The minimum absolute atomic E-state index is 0.0295. The Bertz CT molecular complexity index is 1000. The number of carbonyl (C=O) groups excluding carboxylic acids is 2. The Balaban J connectivity index is 1.36. The van der Waals surface area contributed by atoms with Gasteiger partial charge in [-0.2, -0.15) is 0 Å². The predicted molar refractivity (Wildman–Crippen MR) is 110 cm³/mol. The maximum Gasteiger partial charge on any atom is 0.276 e. The Morgan fingerprint density at radius 2 is 1.69 bits per heavy atom. The zero-order valence-corrected chi connectivity index (χ0v) is 16.5. The van der Waals surface area contributed by atoms with Crippen molar-refractivity contribution >= 4 is 11.7 Å². The van der Waals surface area contributed by atoms with E-state index >= 15 is 0 Å². The van der Waals surface area contributed by atoms with Crippen LogP contribution in [0.25, 0.3) is 0 Å². The van der Waals surface area contributed by atoms with Crippen LogP contribution in [0.3, 0.4) is 0 Å². The third-order valence-corrected chi connectivity index (χ3v) is 5.56. The Kier molecular flexibility index (Phi) is 5.51. The summed E-state index contributed by atoms with van der Waals surface area (Å²) in [6.07, 6.45) is 3.06. The van der Waals surface area contributed by atoms with Gasteiger partial charge in [-0.3, -0.25) is 9.59 Å². The lowest BCUT2D eigenvalue weighted by molar-refractivity contribution is 0.0645. The highest BCUT2D eigenvalue weighted by Gasteiger charge is 2.29. The van der Waals surface area contributed by atoms with Crippen molar-refractivity contribution in [3.63, 3.8) is 0 Å². The minimum atomic E-state index is -0.119. The van der Waals surface area contributed by atoms with Crippen LogP contribution in [-0.2, 0) is 6.54 Å². The van der Waals surface area contributed by atoms with Crippen molar-refractivity contribution in [3.8, 4) is 0 Å². The molecule has 2 aromatic carbocycles. The molecule has 3 aromatic rings. The number of Topliss-reactive ketones (excluding diaryl/α,β-unsaturated/α-hetero) is 1. The average molecular weight is 388 g/mol. The van der Waals surface area contributed by atoms with E-state index in [1.54, 1.807) is 15.8 Å². The molecule has 2 heterocycles. The van der Waals surface area contributed by atoms with Crippen LogP contribution in [0.5, 0.6) is 0 Å². The molecule has 0 atom stereocenters. The molecule has 1 saturated heterocycles. The van der Waals surface area contributed by atoms with E-state index in [2.05, 4.69) is 23.3 Å². The number of ketones is 1. The first-order valence-electron chi connectivity index (χ1n) is 9.95. The summed E-state index contributed by atoms with van der Waals surface area (Å²) in [6, 6.07) is 17.5. The number of hydrogen-bond acceptors (Lipinski definition) is 4. The van der Waals surface area contributed by atoms with Crippen molar-refractivity contribution in [1.82, 2.24) is 19.9 Å². The number of aromatic nitrogens is 3. The number of amides is 1. The van der Waals surface area contributed by atoms with Crippen molar-refractivity contribution in [3.05, 3.63) is 83.2 Å². The van der Waals surface area contributed by atoms with E-state index in [1.165, 1.54) is 5.56 Å². The van der Waals surface area contributed by atoms with Crippen molar-refractivity contribution in [1.29, 1.82) is 0 Å². The second kappa shape index (κ2) is 8.39. The number of aryl methyl sites for hydroxylation is 1. The van der Waals surface area contributed by atoms with Gasteiger partial charge in [0.1, 0.15) is 0 Å². The normalized spacial score (nSPS) is 14.7. The summed E-state index contributed by atoms with van der Waals surface area (Å²) in [5.74, 6) is 0.0201.